The summed E-state index contributed by atoms with van der Waals surface area (Å²) in [5.41, 5.74) is 0.818. The van der Waals surface area contributed by atoms with Crippen LogP contribution in [0.1, 0.15) is 10.4 Å². The van der Waals surface area contributed by atoms with Crippen molar-refractivity contribution in [2.75, 3.05) is 25.4 Å². The molecule has 1 atom stereocenters. The normalized spacial score (nSPS) is 21.4. The fraction of sp³-hybridized carbons (Fsp3) is 0.364. The highest BCUT2D eigenvalue weighted by Gasteiger charge is 2.54. The van der Waals surface area contributed by atoms with Gasteiger partial charge in [0.2, 0.25) is 0 Å². The number of benzene rings is 2. The van der Waals surface area contributed by atoms with Crippen molar-refractivity contribution in [3.05, 3.63) is 60.4 Å². The minimum atomic E-state index is -4.82. The molecule has 0 radical (unpaired) electrons. The fourth-order valence-electron chi connectivity index (χ4n) is 4.40. The summed E-state index contributed by atoms with van der Waals surface area (Å²) in [4.78, 5) is 18.4. The number of aromatic nitrogens is 2. The molecule has 34 heavy (non-hydrogen) atoms. The summed E-state index contributed by atoms with van der Waals surface area (Å²) in [5, 5.41) is -0.735. The van der Waals surface area contributed by atoms with Gasteiger partial charge in [-0.3, -0.25) is 4.79 Å². The van der Waals surface area contributed by atoms with Gasteiger partial charge in [-0.2, -0.15) is 0 Å². The molecular weight excluding hydrogens is 475 g/mol. The van der Waals surface area contributed by atoms with Gasteiger partial charge in [-0.25, -0.2) is 13.4 Å². The molecule has 0 bridgehead atoms. The first kappa shape index (κ1) is 22.7. The third-order valence-electron chi connectivity index (χ3n) is 6.06. The van der Waals surface area contributed by atoms with E-state index in [2.05, 4.69) is 9.72 Å². The fourth-order valence-corrected chi connectivity index (χ4v) is 6.30. The van der Waals surface area contributed by atoms with Crippen LogP contribution in [0, 0.1) is 0 Å². The number of ether oxygens (including phenoxy) is 2. The van der Waals surface area contributed by atoms with Crippen molar-refractivity contribution in [3.8, 4) is 5.75 Å². The maximum Gasteiger partial charge on any atom is 0.573 e. The number of nitrogens with zero attached hydrogens (tertiary/aromatic N) is 3. The van der Waals surface area contributed by atoms with Gasteiger partial charge in [0.1, 0.15) is 16.6 Å². The summed E-state index contributed by atoms with van der Waals surface area (Å²) in [6, 6.07) is 12.0. The average molecular weight is 495 g/mol. The second-order valence-corrected chi connectivity index (χ2v) is 10.8. The first-order valence-corrected chi connectivity index (χ1v) is 12.2. The van der Waals surface area contributed by atoms with Gasteiger partial charge in [0.15, 0.2) is 9.84 Å². The molecule has 12 heteroatoms. The van der Waals surface area contributed by atoms with Gasteiger partial charge in [-0.1, -0.05) is 12.1 Å². The van der Waals surface area contributed by atoms with Gasteiger partial charge in [0.25, 0.3) is 5.91 Å². The highest BCUT2D eigenvalue weighted by molar-refractivity contribution is 7.92. The number of fused-ring (bicyclic) bond motifs is 1. The van der Waals surface area contributed by atoms with Crippen LogP contribution in [0.25, 0.3) is 11.0 Å². The molecule has 2 aliphatic heterocycles. The lowest BCUT2D eigenvalue weighted by molar-refractivity contribution is -0.274. The number of para-hydroxylation sites is 2. The molecule has 5 rings (SSSR count). The number of hydrogen-bond donors (Lipinski definition) is 0. The molecule has 2 aromatic carbocycles. The zero-order chi connectivity index (χ0) is 24.1. The van der Waals surface area contributed by atoms with Crippen molar-refractivity contribution in [1.29, 1.82) is 0 Å². The third-order valence-corrected chi connectivity index (χ3v) is 8.28. The summed E-state index contributed by atoms with van der Waals surface area (Å²) in [6.07, 6.45) is -3.21. The summed E-state index contributed by atoms with van der Waals surface area (Å²) >= 11 is 0. The highest BCUT2D eigenvalue weighted by atomic mass is 32.2. The first-order valence-electron chi connectivity index (χ1n) is 10.4. The van der Waals surface area contributed by atoms with E-state index in [1.807, 2.05) is 24.3 Å². The van der Waals surface area contributed by atoms with E-state index in [0.717, 1.165) is 23.2 Å². The standard InChI is InChI=1S/C22H20F3N3O5S/c23-22(24,25)33-16-7-5-15(6-8-16)20(29)28-11-21(12-28)13-34(30,31)17(10-32-21)9-27-14-26-18-3-1-2-4-19(18)27/h1-8,14,17H,9-13H2/t17-/m0/s1. The minimum absolute atomic E-state index is 0.000346. The number of carbonyl (C=O) groups is 1. The molecular formula is C22H20F3N3O5S. The van der Waals surface area contributed by atoms with Crippen molar-refractivity contribution in [2.24, 2.45) is 0 Å². The van der Waals surface area contributed by atoms with Crippen LogP contribution in [0.3, 0.4) is 0 Å². The Balaban J connectivity index is 1.21. The van der Waals surface area contributed by atoms with Gasteiger partial charge in [-0.05, 0) is 36.4 Å². The lowest BCUT2D eigenvalue weighted by Gasteiger charge is -2.52. The molecule has 8 nitrogen and oxygen atoms in total. The van der Waals surface area contributed by atoms with Crippen LogP contribution in [0.5, 0.6) is 5.75 Å². The second kappa shape index (κ2) is 7.98. The third kappa shape index (κ3) is 4.34. The molecule has 2 aliphatic rings. The Labute approximate surface area is 192 Å². The van der Waals surface area contributed by atoms with Gasteiger partial charge in [0.05, 0.1) is 42.8 Å². The molecule has 1 spiro atoms. The molecule has 0 aliphatic carbocycles. The maximum absolute atomic E-state index is 13.0. The second-order valence-electron chi connectivity index (χ2n) is 8.54. The van der Waals surface area contributed by atoms with E-state index in [1.54, 1.807) is 10.9 Å². The zero-order valence-electron chi connectivity index (χ0n) is 17.7. The smallest absolute Gasteiger partial charge is 0.406 e. The summed E-state index contributed by atoms with van der Waals surface area (Å²) in [5.74, 6) is -1.06. The number of carbonyl (C=O) groups excluding carboxylic acids is 1. The number of imidazole rings is 1. The van der Waals surface area contributed by atoms with Gasteiger partial charge in [0, 0.05) is 12.1 Å². The molecule has 0 saturated carbocycles. The summed E-state index contributed by atoms with van der Waals surface area (Å²) < 4.78 is 74.5. The van der Waals surface area contributed by atoms with E-state index < -0.39 is 38.7 Å². The molecule has 1 aromatic heterocycles. The number of hydrogen-bond acceptors (Lipinski definition) is 6. The lowest BCUT2D eigenvalue weighted by Crippen LogP contribution is -2.70. The Kier molecular flexibility index (Phi) is 5.32. The van der Waals surface area contributed by atoms with E-state index >= 15 is 0 Å². The van der Waals surface area contributed by atoms with Crippen molar-refractivity contribution >= 4 is 26.8 Å². The van der Waals surface area contributed by atoms with E-state index in [1.165, 1.54) is 17.0 Å². The number of halogens is 3. The van der Waals surface area contributed by atoms with Crippen LogP contribution in [0.4, 0.5) is 13.2 Å². The lowest BCUT2D eigenvalue weighted by atomic mass is 9.94. The van der Waals surface area contributed by atoms with Crippen LogP contribution in [0.15, 0.2) is 54.9 Å². The topological polar surface area (TPSA) is 90.7 Å². The molecule has 1 amide bonds. The molecule has 3 aromatic rings. The Morgan fingerprint density at radius 3 is 2.53 bits per heavy atom. The Hall–Kier alpha value is -3.12. The maximum atomic E-state index is 13.0. The Morgan fingerprint density at radius 1 is 1.15 bits per heavy atom. The highest BCUT2D eigenvalue weighted by Crippen LogP contribution is 2.34. The van der Waals surface area contributed by atoms with Crippen LogP contribution < -0.4 is 4.74 Å². The number of likely N-dealkylation sites (tertiary alicyclic amines) is 1. The number of sulfone groups is 1. The van der Waals surface area contributed by atoms with Crippen LogP contribution in [0.2, 0.25) is 0 Å². The predicted octanol–water partition coefficient (Wildman–Crippen LogP) is 2.64. The van der Waals surface area contributed by atoms with Gasteiger partial charge >= 0.3 is 6.36 Å². The summed E-state index contributed by atoms with van der Waals surface area (Å²) in [6.45, 7) is 0.396. The van der Waals surface area contributed by atoms with E-state index in [0.29, 0.717) is 0 Å². The van der Waals surface area contributed by atoms with Gasteiger partial charge in [-0.15, -0.1) is 13.2 Å². The SMILES string of the molecule is O=C(c1ccc(OC(F)(F)F)cc1)N1CC2(C1)CS(=O)(=O)[C@@H](Cn1cnc3ccccc31)CO2. The van der Waals surface area contributed by atoms with Crippen molar-refractivity contribution in [2.45, 2.75) is 23.8 Å². The molecule has 3 heterocycles. The number of amides is 1. The van der Waals surface area contributed by atoms with Gasteiger partial charge < -0.3 is 18.9 Å². The van der Waals surface area contributed by atoms with Crippen molar-refractivity contribution in [1.82, 2.24) is 14.5 Å². The van der Waals surface area contributed by atoms with Crippen LogP contribution in [-0.4, -0.2) is 71.4 Å². The van der Waals surface area contributed by atoms with E-state index in [9.17, 15) is 26.4 Å². The summed E-state index contributed by atoms with van der Waals surface area (Å²) in [7, 11) is -3.51. The van der Waals surface area contributed by atoms with E-state index in [4.69, 9.17) is 4.74 Å². The van der Waals surface area contributed by atoms with Crippen LogP contribution in [-0.2, 0) is 21.1 Å². The van der Waals surface area contributed by atoms with Crippen LogP contribution >= 0.6 is 0 Å². The first-order chi connectivity index (χ1) is 16.0. The van der Waals surface area contributed by atoms with Crippen molar-refractivity contribution in [3.63, 3.8) is 0 Å². The predicted molar refractivity (Wildman–Crippen MR) is 115 cm³/mol. The Morgan fingerprint density at radius 2 is 1.85 bits per heavy atom. The van der Waals surface area contributed by atoms with Crippen molar-refractivity contribution < 1.29 is 35.9 Å². The zero-order valence-corrected chi connectivity index (χ0v) is 18.6. The molecule has 180 valence electrons. The largest absolute Gasteiger partial charge is 0.573 e. The molecule has 2 fully saturated rings. The Bertz CT molecular complexity index is 1330. The quantitative estimate of drug-likeness (QED) is 0.553. The average Bonchev–Trinajstić information content (AvgIpc) is 3.15. The molecule has 2 saturated heterocycles. The number of rotatable bonds is 4. The number of alkyl halides is 3. The van der Waals surface area contributed by atoms with E-state index in [-0.39, 0.29) is 37.6 Å². The minimum Gasteiger partial charge on any atom is -0.406 e. The monoisotopic (exact) mass is 495 g/mol. The molecule has 0 unspecified atom stereocenters. The molecule has 0 N–H and O–H groups in total.